The molecule has 0 bridgehead atoms. The van der Waals surface area contributed by atoms with Gasteiger partial charge in [0.2, 0.25) is 5.91 Å². The first kappa shape index (κ1) is 17.9. The van der Waals surface area contributed by atoms with Crippen molar-refractivity contribution in [1.29, 1.82) is 0 Å². The highest BCUT2D eigenvalue weighted by atomic mass is 16.1. The Hall–Kier alpha value is -2.88. The Balaban J connectivity index is 1.84. The summed E-state index contributed by atoms with van der Waals surface area (Å²) >= 11 is 0. The molecular weight excluding hydrogens is 322 g/mol. The summed E-state index contributed by atoms with van der Waals surface area (Å²) in [6.45, 7) is 3.48. The van der Waals surface area contributed by atoms with Crippen LogP contribution in [0.2, 0.25) is 0 Å². The topological polar surface area (TPSA) is 46.9 Å². The van der Waals surface area contributed by atoms with Crippen LogP contribution >= 0.6 is 0 Å². The highest BCUT2D eigenvalue weighted by Crippen LogP contribution is 2.31. The highest BCUT2D eigenvalue weighted by Gasteiger charge is 2.15. The number of aryl methyl sites for hydroxylation is 1. The molecule has 0 atom stereocenters. The van der Waals surface area contributed by atoms with Gasteiger partial charge in [-0.2, -0.15) is 0 Å². The number of unbranched alkanes of at least 4 members (excludes halogenated alkanes) is 1. The lowest BCUT2D eigenvalue weighted by molar-refractivity contribution is -0.121. The van der Waals surface area contributed by atoms with E-state index in [4.69, 9.17) is 0 Å². The molecule has 4 nitrogen and oxygen atoms in total. The van der Waals surface area contributed by atoms with Crippen LogP contribution in [0.25, 0.3) is 22.5 Å². The maximum atomic E-state index is 12.1. The first-order valence-electron chi connectivity index (χ1n) is 9.22. The second-order valence-electron chi connectivity index (χ2n) is 6.32. The molecule has 0 saturated carbocycles. The van der Waals surface area contributed by atoms with E-state index in [0.29, 0.717) is 13.0 Å². The summed E-state index contributed by atoms with van der Waals surface area (Å²) in [6.07, 6.45) is 4.39. The van der Waals surface area contributed by atoms with Crippen LogP contribution in [-0.4, -0.2) is 22.0 Å². The molecule has 3 rings (SSSR count). The third-order valence-electron chi connectivity index (χ3n) is 4.36. The molecule has 0 radical (unpaired) electrons. The number of carbonyl (C=O) groups excluding carboxylic acids is 1. The first-order chi connectivity index (χ1) is 12.8. The molecule has 0 aliphatic carbocycles. The summed E-state index contributed by atoms with van der Waals surface area (Å²) in [5.74, 6) is 0.0902. The van der Waals surface area contributed by atoms with Crippen LogP contribution in [-0.2, 0) is 11.3 Å². The molecule has 1 aromatic heterocycles. The standard InChI is InChI=1S/C22H25N3O/c1-2-3-15-23-20(26)14-16-25-17-24-21(18-10-6-4-7-11-18)22(25)19-12-8-5-9-13-19/h4-13,17H,2-3,14-16H2,1H3,(H,23,26). The van der Waals surface area contributed by atoms with Gasteiger partial charge in [0.15, 0.2) is 0 Å². The van der Waals surface area contributed by atoms with Gasteiger partial charge in [0.05, 0.1) is 17.7 Å². The van der Waals surface area contributed by atoms with Crippen molar-refractivity contribution in [2.24, 2.45) is 0 Å². The molecule has 1 amide bonds. The molecule has 0 fully saturated rings. The molecule has 3 aromatic rings. The summed E-state index contributed by atoms with van der Waals surface area (Å²) in [5, 5.41) is 2.98. The minimum atomic E-state index is 0.0902. The molecule has 0 saturated heterocycles. The lowest BCUT2D eigenvalue weighted by Crippen LogP contribution is -2.25. The zero-order valence-electron chi connectivity index (χ0n) is 15.2. The smallest absolute Gasteiger partial charge is 0.221 e. The van der Waals surface area contributed by atoms with Crippen molar-refractivity contribution < 1.29 is 4.79 Å². The number of hydrogen-bond acceptors (Lipinski definition) is 2. The fraction of sp³-hybridized carbons (Fsp3) is 0.273. The van der Waals surface area contributed by atoms with Crippen molar-refractivity contribution in [3.63, 3.8) is 0 Å². The molecule has 26 heavy (non-hydrogen) atoms. The average Bonchev–Trinajstić information content (AvgIpc) is 3.12. The fourth-order valence-electron chi connectivity index (χ4n) is 2.97. The molecule has 0 aliphatic rings. The molecule has 2 aromatic carbocycles. The maximum Gasteiger partial charge on any atom is 0.221 e. The zero-order chi connectivity index (χ0) is 18.2. The van der Waals surface area contributed by atoms with Crippen molar-refractivity contribution in [3.05, 3.63) is 67.0 Å². The largest absolute Gasteiger partial charge is 0.356 e. The van der Waals surface area contributed by atoms with Crippen LogP contribution in [0.3, 0.4) is 0 Å². The van der Waals surface area contributed by atoms with Crippen molar-refractivity contribution in [2.75, 3.05) is 6.54 Å². The molecule has 0 aliphatic heterocycles. The van der Waals surface area contributed by atoms with Crippen molar-refractivity contribution in [1.82, 2.24) is 14.9 Å². The van der Waals surface area contributed by atoms with E-state index in [9.17, 15) is 4.79 Å². The van der Waals surface area contributed by atoms with Crippen molar-refractivity contribution in [2.45, 2.75) is 32.7 Å². The van der Waals surface area contributed by atoms with Crippen LogP contribution in [0.1, 0.15) is 26.2 Å². The van der Waals surface area contributed by atoms with Gasteiger partial charge in [-0.25, -0.2) is 4.98 Å². The van der Waals surface area contributed by atoms with E-state index in [1.54, 1.807) is 0 Å². The van der Waals surface area contributed by atoms with Gasteiger partial charge in [-0.05, 0) is 6.42 Å². The predicted octanol–water partition coefficient (Wildman–Crippen LogP) is 4.52. The molecule has 134 valence electrons. The number of carbonyl (C=O) groups is 1. The first-order valence-corrected chi connectivity index (χ1v) is 9.22. The van der Waals surface area contributed by atoms with Gasteiger partial charge >= 0.3 is 0 Å². The molecule has 1 N–H and O–H groups in total. The third kappa shape index (κ3) is 4.39. The van der Waals surface area contributed by atoms with E-state index in [0.717, 1.165) is 41.9 Å². The van der Waals surface area contributed by atoms with Gasteiger partial charge in [0.25, 0.3) is 0 Å². The van der Waals surface area contributed by atoms with Crippen molar-refractivity contribution >= 4 is 5.91 Å². The predicted molar refractivity (Wildman–Crippen MR) is 106 cm³/mol. The number of aromatic nitrogens is 2. The number of imidazole rings is 1. The van der Waals surface area contributed by atoms with Gasteiger partial charge in [-0.3, -0.25) is 4.79 Å². The summed E-state index contributed by atoms with van der Waals surface area (Å²) in [5.41, 5.74) is 4.19. The highest BCUT2D eigenvalue weighted by molar-refractivity contribution is 5.79. The summed E-state index contributed by atoms with van der Waals surface area (Å²) in [6, 6.07) is 20.4. The summed E-state index contributed by atoms with van der Waals surface area (Å²) in [4.78, 5) is 16.7. The normalized spacial score (nSPS) is 10.7. The van der Waals surface area contributed by atoms with Crippen LogP contribution in [0, 0.1) is 0 Å². The minimum Gasteiger partial charge on any atom is -0.356 e. The molecule has 0 unspecified atom stereocenters. The quantitative estimate of drug-likeness (QED) is 0.609. The SMILES string of the molecule is CCCCNC(=O)CCn1cnc(-c2ccccc2)c1-c1ccccc1. The van der Waals surface area contributed by atoms with E-state index in [1.807, 2.05) is 42.7 Å². The van der Waals surface area contributed by atoms with Gasteiger partial charge < -0.3 is 9.88 Å². The fourth-order valence-corrected chi connectivity index (χ4v) is 2.97. The number of benzene rings is 2. The Morgan fingerprint density at radius 1 is 1.00 bits per heavy atom. The Morgan fingerprint density at radius 3 is 2.31 bits per heavy atom. The number of nitrogens with zero attached hydrogens (tertiary/aromatic N) is 2. The van der Waals surface area contributed by atoms with E-state index in [-0.39, 0.29) is 5.91 Å². The van der Waals surface area contributed by atoms with E-state index < -0.39 is 0 Å². The molecule has 4 heteroatoms. The summed E-state index contributed by atoms with van der Waals surface area (Å²) in [7, 11) is 0. The third-order valence-corrected chi connectivity index (χ3v) is 4.36. The van der Waals surface area contributed by atoms with Crippen LogP contribution < -0.4 is 5.32 Å². The van der Waals surface area contributed by atoms with Gasteiger partial charge in [0, 0.05) is 30.6 Å². The second-order valence-corrected chi connectivity index (χ2v) is 6.32. The van der Waals surface area contributed by atoms with Gasteiger partial charge in [-0.15, -0.1) is 0 Å². The van der Waals surface area contributed by atoms with Crippen molar-refractivity contribution in [3.8, 4) is 22.5 Å². The number of rotatable bonds is 8. The minimum absolute atomic E-state index is 0.0902. The van der Waals surface area contributed by atoms with Crippen LogP contribution in [0.5, 0.6) is 0 Å². The molecule has 1 heterocycles. The Morgan fingerprint density at radius 2 is 1.65 bits per heavy atom. The second kappa shape index (κ2) is 8.99. The van der Waals surface area contributed by atoms with Crippen LogP contribution in [0.15, 0.2) is 67.0 Å². The van der Waals surface area contributed by atoms with E-state index in [2.05, 4.69) is 46.1 Å². The maximum absolute atomic E-state index is 12.1. The summed E-state index contributed by atoms with van der Waals surface area (Å²) < 4.78 is 2.08. The lowest BCUT2D eigenvalue weighted by Gasteiger charge is -2.11. The van der Waals surface area contributed by atoms with Gasteiger partial charge in [0.1, 0.15) is 0 Å². The van der Waals surface area contributed by atoms with Gasteiger partial charge in [-0.1, -0.05) is 74.0 Å². The number of nitrogens with one attached hydrogen (secondary N) is 1. The van der Waals surface area contributed by atoms with E-state index in [1.165, 1.54) is 0 Å². The van der Waals surface area contributed by atoms with Crippen LogP contribution in [0.4, 0.5) is 0 Å². The monoisotopic (exact) mass is 347 g/mol. The lowest BCUT2D eigenvalue weighted by atomic mass is 10.0. The molecule has 0 spiro atoms. The Kier molecular flexibility index (Phi) is 6.20. The molecular formula is C22H25N3O. The zero-order valence-corrected chi connectivity index (χ0v) is 15.2. The Labute approximate surface area is 154 Å². The van der Waals surface area contributed by atoms with E-state index >= 15 is 0 Å². The Bertz CT molecular complexity index is 825. The number of hydrogen-bond donors (Lipinski definition) is 1. The average molecular weight is 347 g/mol. The number of amides is 1.